The van der Waals surface area contributed by atoms with Crippen LogP contribution in [0.5, 0.6) is 11.5 Å². The number of hydrogen-bond acceptors (Lipinski definition) is 7. The van der Waals surface area contributed by atoms with Crippen LogP contribution in [0.15, 0.2) is 82.7 Å². The number of benzene rings is 2. The van der Waals surface area contributed by atoms with E-state index in [-0.39, 0.29) is 11.4 Å². The molecule has 0 fully saturated rings. The molecule has 0 aliphatic carbocycles. The van der Waals surface area contributed by atoms with Crippen LogP contribution in [0.3, 0.4) is 0 Å². The Balaban J connectivity index is 1.26. The summed E-state index contributed by atoms with van der Waals surface area (Å²) in [4.78, 5) is 20.9. The first-order chi connectivity index (χ1) is 17.5. The topological polar surface area (TPSA) is 100 Å². The van der Waals surface area contributed by atoms with Gasteiger partial charge in [-0.2, -0.15) is 15.1 Å². The van der Waals surface area contributed by atoms with Crippen molar-refractivity contribution in [2.24, 2.45) is 10.1 Å². The van der Waals surface area contributed by atoms with Gasteiger partial charge in [-0.15, -0.1) is 0 Å². The van der Waals surface area contributed by atoms with E-state index < -0.39 is 5.91 Å². The average Bonchev–Trinajstić information content (AvgIpc) is 3.31. The van der Waals surface area contributed by atoms with Crippen LogP contribution < -0.4 is 9.47 Å². The van der Waals surface area contributed by atoms with Gasteiger partial charge in [0.15, 0.2) is 5.84 Å². The number of aliphatic imine (C=N–C) groups is 1. The lowest BCUT2D eigenvalue weighted by atomic mass is 10.1. The van der Waals surface area contributed by atoms with E-state index in [0.29, 0.717) is 39.8 Å². The summed E-state index contributed by atoms with van der Waals surface area (Å²) in [6.45, 7) is 2.67. The number of nitrogens with zero attached hydrogens (tertiary/aromatic N) is 4. The molecule has 0 spiro atoms. The molecule has 0 unspecified atom stereocenters. The van der Waals surface area contributed by atoms with Crippen LogP contribution in [-0.2, 0) is 4.79 Å². The number of ether oxygens (including phenoxy) is 2. The van der Waals surface area contributed by atoms with E-state index >= 15 is 0 Å². The first-order valence-electron chi connectivity index (χ1n) is 11.0. The van der Waals surface area contributed by atoms with Crippen molar-refractivity contribution in [1.29, 1.82) is 5.41 Å². The van der Waals surface area contributed by atoms with E-state index in [2.05, 4.69) is 15.1 Å². The van der Waals surface area contributed by atoms with E-state index in [0.717, 1.165) is 16.9 Å². The lowest BCUT2D eigenvalue weighted by molar-refractivity contribution is -0.114. The number of aryl methyl sites for hydroxylation is 1. The van der Waals surface area contributed by atoms with Gasteiger partial charge in [0, 0.05) is 18.0 Å². The number of para-hydroxylation sites is 1. The Hall–Kier alpha value is -3.95. The zero-order valence-corrected chi connectivity index (χ0v) is 20.7. The summed E-state index contributed by atoms with van der Waals surface area (Å²) in [5, 5.41) is 15.7. The minimum atomic E-state index is -0.508. The highest BCUT2D eigenvalue weighted by molar-refractivity contribution is 8.27. The number of rotatable bonds is 7. The molecule has 0 atom stereocenters. The number of aromatic nitrogens is 1. The van der Waals surface area contributed by atoms with Crippen LogP contribution in [0.4, 0.5) is 0 Å². The first-order valence-corrected chi connectivity index (χ1v) is 12.2. The van der Waals surface area contributed by atoms with Crippen molar-refractivity contribution in [2.75, 3.05) is 13.2 Å². The molecule has 0 bridgehead atoms. The number of carbonyl (C=O) groups excluding carboxylic acids is 1. The van der Waals surface area contributed by atoms with Gasteiger partial charge in [-0.3, -0.25) is 15.2 Å². The Bertz CT molecular complexity index is 1440. The molecule has 36 heavy (non-hydrogen) atoms. The van der Waals surface area contributed by atoms with Gasteiger partial charge in [0.05, 0.1) is 10.6 Å². The molecule has 2 aliphatic rings. The van der Waals surface area contributed by atoms with Crippen LogP contribution in [-0.4, -0.2) is 45.2 Å². The molecule has 3 heterocycles. The zero-order valence-electron chi connectivity index (χ0n) is 19.1. The second kappa shape index (κ2) is 10.3. The number of halogens is 1. The average molecular weight is 518 g/mol. The van der Waals surface area contributed by atoms with Gasteiger partial charge in [-0.05, 0) is 66.2 Å². The molecule has 5 rings (SSSR count). The molecule has 8 nitrogen and oxygen atoms in total. The molecular formula is C26H20ClN5O3S. The molecule has 1 N–H and O–H groups in total. The lowest BCUT2D eigenvalue weighted by Gasteiger charge is -2.20. The van der Waals surface area contributed by atoms with Crippen molar-refractivity contribution < 1.29 is 14.3 Å². The third-order valence-corrected chi connectivity index (χ3v) is 6.57. The Morgan fingerprint density at radius 2 is 1.89 bits per heavy atom. The van der Waals surface area contributed by atoms with E-state index in [1.165, 1.54) is 16.8 Å². The minimum absolute atomic E-state index is 0.0545. The highest BCUT2D eigenvalue weighted by atomic mass is 35.5. The Morgan fingerprint density at radius 1 is 1.08 bits per heavy atom. The van der Waals surface area contributed by atoms with E-state index in [1.54, 1.807) is 42.7 Å². The van der Waals surface area contributed by atoms with Crippen molar-refractivity contribution in [3.63, 3.8) is 0 Å². The van der Waals surface area contributed by atoms with Crippen molar-refractivity contribution in [3.8, 4) is 11.5 Å². The van der Waals surface area contributed by atoms with Gasteiger partial charge >= 0.3 is 0 Å². The largest absolute Gasteiger partial charge is 0.490 e. The number of nitrogens with one attached hydrogen (secondary N) is 1. The molecule has 3 aromatic rings. The zero-order chi connectivity index (χ0) is 25.1. The van der Waals surface area contributed by atoms with Crippen LogP contribution in [0.2, 0.25) is 5.02 Å². The number of hydrazone groups is 1. The van der Waals surface area contributed by atoms with Gasteiger partial charge in [0.1, 0.15) is 29.8 Å². The normalized spacial score (nSPS) is 16.1. The van der Waals surface area contributed by atoms with Crippen LogP contribution in [0, 0.1) is 12.3 Å². The Kier molecular flexibility index (Phi) is 6.84. The summed E-state index contributed by atoms with van der Waals surface area (Å²) in [6, 6.07) is 16.6. The maximum absolute atomic E-state index is 12.7. The molecular weight excluding hydrogens is 498 g/mol. The van der Waals surface area contributed by atoms with Crippen molar-refractivity contribution in [1.82, 2.24) is 9.99 Å². The fraction of sp³-hybridized carbons (Fsp3) is 0.115. The van der Waals surface area contributed by atoms with Crippen LogP contribution in [0.1, 0.15) is 16.7 Å². The molecule has 0 saturated carbocycles. The molecule has 180 valence electrons. The molecule has 2 aliphatic heterocycles. The quantitative estimate of drug-likeness (QED) is 0.343. The lowest BCUT2D eigenvalue weighted by Crippen LogP contribution is -2.35. The van der Waals surface area contributed by atoms with Gasteiger partial charge in [-0.25, -0.2) is 0 Å². The summed E-state index contributed by atoms with van der Waals surface area (Å²) in [6.07, 6.45) is 4.92. The Morgan fingerprint density at radius 3 is 2.64 bits per heavy atom. The Labute approximate surface area is 216 Å². The van der Waals surface area contributed by atoms with E-state index in [9.17, 15) is 4.79 Å². The maximum Gasteiger partial charge on any atom is 0.283 e. The number of amidine groups is 2. The number of fused-ring (bicyclic) bond motifs is 1. The molecule has 10 heteroatoms. The summed E-state index contributed by atoms with van der Waals surface area (Å²) in [5.41, 5.74) is 2.60. The number of carbonyl (C=O) groups is 1. The number of amides is 1. The van der Waals surface area contributed by atoms with Crippen LogP contribution in [0.25, 0.3) is 6.08 Å². The maximum atomic E-state index is 12.7. The van der Waals surface area contributed by atoms with Crippen LogP contribution >= 0.6 is 23.4 Å². The second-order valence-corrected chi connectivity index (χ2v) is 9.18. The smallest absolute Gasteiger partial charge is 0.283 e. The number of thioether (sulfide) groups is 1. The predicted octanol–water partition coefficient (Wildman–Crippen LogP) is 5.17. The summed E-state index contributed by atoms with van der Waals surface area (Å²) in [5.74, 6) is 0.750. The second-order valence-electron chi connectivity index (χ2n) is 7.82. The van der Waals surface area contributed by atoms with E-state index in [1.807, 2.05) is 37.3 Å². The third-order valence-electron chi connectivity index (χ3n) is 5.32. The minimum Gasteiger partial charge on any atom is -0.490 e. The number of pyridine rings is 1. The summed E-state index contributed by atoms with van der Waals surface area (Å²) < 4.78 is 11.5. The van der Waals surface area contributed by atoms with Gasteiger partial charge in [0.25, 0.3) is 5.91 Å². The molecule has 2 aromatic carbocycles. The standard InChI is InChI=1S/C26H20ClN5O3S/c1-16-5-2-3-7-21(16)34-11-12-35-22-9-8-17(14-20(22)27)13-19-23(28)32-26(30-24(19)33)36-25(31-32)18-6-4-10-29-15-18/h2-10,13-15,28H,11-12H2,1H3/b19-13-,28-23?. The molecule has 0 saturated heterocycles. The van der Waals surface area contributed by atoms with Crippen molar-refractivity contribution in [2.45, 2.75) is 6.92 Å². The third kappa shape index (κ3) is 5.02. The van der Waals surface area contributed by atoms with Crippen molar-refractivity contribution >= 4 is 51.4 Å². The van der Waals surface area contributed by atoms with Gasteiger partial charge in [-0.1, -0.05) is 35.9 Å². The SMILES string of the molecule is Cc1ccccc1OCCOc1ccc(/C=C2/C(=N)N3N=C(c4cccnc4)SC3=NC2=O)cc1Cl. The summed E-state index contributed by atoms with van der Waals surface area (Å²) in [7, 11) is 0. The highest BCUT2D eigenvalue weighted by Gasteiger charge is 2.36. The monoisotopic (exact) mass is 517 g/mol. The predicted molar refractivity (Wildman–Crippen MR) is 142 cm³/mol. The van der Waals surface area contributed by atoms with Gasteiger partial charge < -0.3 is 9.47 Å². The van der Waals surface area contributed by atoms with Gasteiger partial charge in [0.2, 0.25) is 5.17 Å². The first kappa shape index (κ1) is 23.8. The fourth-order valence-electron chi connectivity index (χ4n) is 3.51. The fourth-order valence-corrected chi connectivity index (χ4v) is 4.63. The molecule has 1 amide bonds. The summed E-state index contributed by atoms with van der Waals surface area (Å²) >= 11 is 7.64. The highest BCUT2D eigenvalue weighted by Crippen LogP contribution is 2.32. The van der Waals surface area contributed by atoms with Crippen molar-refractivity contribution in [3.05, 3.63) is 94.3 Å². The van der Waals surface area contributed by atoms with E-state index in [4.69, 9.17) is 26.5 Å². The molecule has 0 radical (unpaired) electrons. The molecule has 1 aromatic heterocycles. The number of hydrogen-bond donors (Lipinski definition) is 1.